The highest BCUT2D eigenvalue weighted by Crippen LogP contribution is 2.66. The summed E-state index contributed by atoms with van der Waals surface area (Å²) in [5.41, 5.74) is 0.995. The molecule has 96 valence electrons. The Bertz CT molecular complexity index is 475. The molecule has 0 heterocycles. The molecule has 2 fully saturated rings. The number of aliphatic hydroxyl groups is 1. The number of aliphatic hydroxyl groups excluding tert-OH is 1. The SMILES string of the molecule is CC1=CC(=O)[C@]23C[C@@H]4C=CC[C@@H]4[C@H]2[C@@H](O)C[C@@H]3C1. The minimum Gasteiger partial charge on any atom is -0.393 e. The predicted octanol–water partition coefficient (Wildman–Crippen LogP) is 2.48. The minimum absolute atomic E-state index is 0.209. The molecule has 4 aliphatic carbocycles. The van der Waals surface area contributed by atoms with E-state index < -0.39 is 0 Å². The highest BCUT2D eigenvalue weighted by atomic mass is 16.3. The van der Waals surface area contributed by atoms with Crippen molar-refractivity contribution in [3.63, 3.8) is 0 Å². The average Bonchev–Trinajstić information content (AvgIpc) is 2.88. The highest BCUT2D eigenvalue weighted by Gasteiger charge is 2.66. The van der Waals surface area contributed by atoms with Gasteiger partial charge in [-0.1, -0.05) is 17.7 Å². The molecule has 6 atom stereocenters. The van der Waals surface area contributed by atoms with Gasteiger partial charge in [0.05, 0.1) is 6.10 Å². The van der Waals surface area contributed by atoms with Crippen LogP contribution in [-0.2, 0) is 4.79 Å². The van der Waals surface area contributed by atoms with Crippen molar-refractivity contribution in [2.45, 2.75) is 38.7 Å². The first-order chi connectivity index (χ1) is 8.63. The Morgan fingerprint density at radius 2 is 2.28 bits per heavy atom. The summed E-state index contributed by atoms with van der Waals surface area (Å²) in [6.07, 6.45) is 10.1. The summed E-state index contributed by atoms with van der Waals surface area (Å²) in [6.45, 7) is 2.06. The maximum absolute atomic E-state index is 12.7. The molecule has 2 heteroatoms. The number of rotatable bonds is 0. The van der Waals surface area contributed by atoms with Gasteiger partial charge >= 0.3 is 0 Å². The molecule has 0 amide bonds. The van der Waals surface area contributed by atoms with Gasteiger partial charge in [-0.2, -0.15) is 0 Å². The van der Waals surface area contributed by atoms with Crippen LogP contribution in [0.25, 0.3) is 0 Å². The largest absolute Gasteiger partial charge is 0.393 e. The van der Waals surface area contributed by atoms with E-state index in [0.717, 1.165) is 25.7 Å². The Hall–Kier alpha value is -0.890. The summed E-state index contributed by atoms with van der Waals surface area (Å²) in [7, 11) is 0. The summed E-state index contributed by atoms with van der Waals surface area (Å²) in [6, 6.07) is 0. The zero-order chi connectivity index (χ0) is 12.5. The first-order valence-corrected chi connectivity index (χ1v) is 7.19. The molecule has 2 nitrogen and oxygen atoms in total. The van der Waals surface area contributed by atoms with Gasteiger partial charge < -0.3 is 5.11 Å². The Morgan fingerprint density at radius 1 is 1.44 bits per heavy atom. The number of allylic oxidation sites excluding steroid dienone is 4. The second-order valence-electron chi connectivity index (χ2n) is 6.82. The van der Waals surface area contributed by atoms with E-state index in [-0.39, 0.29) is 17.4 Å². The van der Waals surface area contributed by atoms with Crippen LogP contribution < -0.4 is 0 Å². The number of carbonyl (C=O) groups excluding carboxylic acids is 1. The van der Waals surface area contributed by atoms with Crippen LogP contribution in [0, 0.1) is 29.1 Å². The topological polar surface area (TPSA) is 37.3 Å². The third-order valence-corrected chi connectivity index (χ3v) is 6.04. The summed E-state index contributed by atoms with van der Waals surface area (Å²) in [5.74, 6) is 2.01. The summed E-state index contributed by atoms with van der Waals surface area (Å²) >= 11 is 0. The Morgan fingerprint density at radius 3 is 3.11 bits per heavy atom. The van der Waals surface area contributed by atoms with E-state index in [2.05, 4.69) is 19.1 Å². The van der Waals surface area contributed by atoms with E-state index in [0.29, 0.717) is 23.5 Å². The van der Waals surface area contributed by atoms with Crippen molar-refractivity contribution < 1.29 is 9.90 Å². The first kappa shape index (κ1) is 11.0. The van der Waals surface area contributed by atoms with Gasteiger partial charge in [0, 0.05) is 11.3 Å². The molecule has 2 saturated carbocycles. The predicted molar refractivity (Wildman–Crippen MR) is 68.8 cm³/mol. The fourth-order valence-corrected chi connectivity index (χ4v) is 5.52. The van der Waals surface area contributed by atoms with Gasteiger partial charge in [-0.15, -0.1) is 0 Å². The van der Waals surface area contributed by atoms with Crippen molar-refractivity contribution >= 4 is 5.78 Å². The lowest BCUT2D eigenvalue weighted by Gasteiger charge is -2.38. The molecule has 1 N–H and O–H groups in total. The zero-order valence-electron chi connectivity index (χ0n) is 10.8. The van der Waals surface area contributed by atoms with Crippen LogP contribution >= 0.6 is 0 Å². The molecule has 0 unspecified atom stereocenters. The smallest absolute Gasteiger partial charge is 0.162 e. The van der Waals surface area contributed by atoms with E-state index in [4.69, 9.17) is 0 Å². The number of fused-ring (bicyclic) bond motifs is 2. The number of hydrogen-bond donors (Lipinski definition) is 1. The maximum atomic E-state index is 12.7. The van der Waals surface area contributed by atoms with Crippen molar-refractivity contribution in [1.29, 1.82) is 0 Å². The van der Waals surface area contributed by atoms with Gasteiger partial charge in [0.2, 0.25) is 0 Å². The fourth-order valence-electron chi connectivity index (χ4n) is 5.52. The van der Waals surface area contributed by atoms with Crippen molar-refractivity contribution in [2.24, 2.45) is 29.1 Å². The number of carbonyl (C=O) groups is 1. The molecule has 18 heavy (non-hydrogen) atoms. The molecule has 1 spiro atoms. The molecule has 0 aromatic carbocycles. The van der Waals surface area contributed by atoms with Gasteiger partial charge in [-0.25, -0.2) is 0 Å². The second-order valence-corrected chi connectivity index (χ2v) is 6.82. The molecule has 0 bridgehead atoms. The monoisotopic (exact) mass is 244 g/mol. The third-order valence-electron chi connectivity index (χ3n) is 6.04. The van der Waals surface area contributed by atoms with E-state index in [1.807, 2.05) is 6.08 Å². The standard InChI is InChI=1S/C16H20O2/c1-9-5-11-7-13(17)15-12-4-2-3-10(12)8-16(11,15)14(18)6-9/h2-3,6,10-13,15,17H,4-5,7-8H2,1H3/t10-,11-,12-,13-,15-,16+/m0/s1. The van der Waals surface area contributed by atoms with Crippen molar-refractivity contribution in [2.75, 3.05) is 0 Å². The Kier molecular flexibility index (Phi) is 2.05. The third kappa shape index (κ3) is 1.11. The minimum atomic E-state index is -0.256. The lowest BCUT2D eigenvalue weighted by Crippen LogP contribution is -2.41. The normalized spacial score (nSPS) is 53.1. The summed E-state index contributed by atoms with van der Waals surface area (Å²) in [4.78, 5) is 12.7. The lowest BCUT2D eigenvalue weighted by molar-refractivity contribution is -0.129. The number of hydrogen-bond acceptors (Lipinski definition) is 2. The summed E-state index contributed by atoms with van der Waals surface area (Å²) in [5, 5.41) is 10.5. The van der Waals surface area contributed by atoms with Gasteiger partial charge in [0.1, 0.15) is 0 Å². The van der Waals surface area contributed by atoms with Gasteiger partial charge in [0.15, 0.2) is 5.78 Å². The van der Waals surface area contributed by atoms with E-state index >= 15 is 0 Å². The first-order valence-electron chi connectivity index (χ1n) is 7.19. The van der Waals surface area contributed by atoms with Crippen LogP contribution in [0.3, 0.4) is 0 Å². The average molecular weight is 244 g/mol. The molecular formula is C16H20O2. The highest BCUT2D eigenvalue weighted by molar-refractivity contribution is 5.97. The van der Waals surface area contributed by atoms with Gasteiger partial charge in [-0.05, 0) is 56.4 Å². The fraction of sp³-hybridized carbons (Fsp3) is 0.688. The molecule has 0 aliphatic heterocycles. The van der Waals surface area contributed by atoms with Crippen LogP contribution in [-0.4, -0.2) is 17.0 Å². The molecular weight excluding hydrogens is 224 g/mol. The van der Waals surface area contributed by atoms with Crippen LogP contribution in [0.4, 0.5) is 0 Å². The van der Waals surface area contributed by atoms with Crippen molar-refractivity contribution in [3.8, 4) is 0 Å². The molecule has 0 aromatic heterocycles. The zero-order valence-corrected chi connectivity index (χ0v) is 10.8. The van der Waals surface area contributed by atoms with E-state index in [1.54, 1.807) is 0 Å². The van der Waals surface area contributed by atoms with Crippen LogP contribution in [0.2, 0.25) is 0 Å². The van der Waals surface area contributed by atoms with E-state index in [9.17, 15) is 9.90 Å². The van der Waals surface area contributed by atoms with Gasteiger partial charge in [-0.3, -0.25) is 4.79 Å². The summed E-state index contributed by atoms with van der Waals surface area (Å²) < 4.78 is 0. The van der Waals surface area contributed by atoms with Gasteiger partial charge in [0.25, 0.3) is 0 Å². The quantitative estimate of drug-likeness (QED) is 0.665. The van der Waals surface area contributed by atoms with Crippen LogP contribution in [0.15, 0.2) is 23.8 Å². The van der Waals surface area contributed by atoms with E-state index in [1.165, 1.54) is 5.57 Å². The lowest BCUT2D eigenvalue weighted by atomic mass is 9.64. The molecule has 0 aromatic rings. The molecule has 4 rings (SSSR count). The Labute approximate surface area is 108 Å². The van der Waals surface area contributed by atoms with Crippen LogP contribution in [0.5, 0.6) is 0 Å². The number of ketones is 1. The maximum Gasteiger partial charge on any atom is 0.162 e. The molecule has 0 saturated heterocycles. The van der Waals surface area contributed by atoms with Crippen molar-refractivity contribution in [1.82, 2.24) is 0 Å². The van der Waals surface area contributed by atoms with Crippen LogP contribution in [0.1, 0.15) is 32.6 Å². The second kappa shape index (κ2) is 3.36. The van der Waals surface area contributed by atoms with Crippen molar-refractivity contribution in [3.05, 3.63) is 23.8 Å². The molecule has 4 aliphatic rings. The Balaban J connectivity index is 1.83. The molecule has 0 radical (unpaired) electrons.